The van der Waals surface area contributed by atoms with Gasteiger partial charge in [0.25, 0.3) is 0 Å². The fraction of sp³-hybridized carbons (Fsp3) is 0.0625. The monoisotopic (exact) mass is 247 g/mol. The van der Waals surface area contributed by atoms with Crippen molar-refractivity contribution in [2.24, 2.45) is 7.05 Å². The van der Waals surface area contributed by atoms with Crippen molar-refractivity contribution in [1.29, 1.82) is 0 Å². The van der Waals surface area contributed by atoms with E-state index in [-0.39, 0.29) is 0 Å². The zero-order valence-electron chi connectivity index (χ0n) is 10.6. The molecule has 4 aromatic rings. The van der Waals surface area contributed by atoms with Gasteiger partial charge in [0.15, 0.2) is 0 Å². The highest BCUT2D eigenvalue weighted by Crippen LogP contribution is 2.32. The first kappa shape index (κ1) is 10.4. The number of nitrogens with one attached hydrogen (secondary N) is 1. The summed E-state index contributed by atoms with van der Waals surface area (Å²) in [5.41, 5.74) is 5.64. The molecule has 0 saturated heterocycles. The van der Waals surface area contributed by atoms with Gasteiger partial charge in [-0.3, -0.25) is 5.10 Å². The Morgan fingerprint density at radius 3 is 2.53 bits per heavy atom. The quantitative estimate of drug-likeness (QED) is 0.546. The zero-order valence-corrected chi connectivity index (χ0v) is 10.6. The van der Waals surface area contributed by atoms with Crippen molar-refractivity contribution in [3.8, 4) is 11.3 Å². The molecule has 0 aliphatic carbocycles. The Morgan fingerprint density at radius 1 is 0.947 bits per heavy atom. The van der Waals surface area contributed by atoms with Crippen LogP contribution in [0.4, 0.5) is 0 Å². The number of para-hydroxylation sites is 1. The van der Waals surface area contributed by atoms with E-state index < -0.39 is 0 Å². The van der Waals surface area contributed by atoms with Gasteiger partial charge in [0, 0.05) is 18.0 Å². The molecule has 0 fully saturated rings. The van der Waals surface area contributed by atoms with Crippen LogP contribution in [0.3, 0.4) is 0 Å². The molecule has 2 aromatic carbocycles. The van der Waals surface area contributed by atoms with Crippen molar-refractivity contribution < 1.29 is 0 Å². The number of nitrogens with zero attached hydrogens (tertiary/aromatic N) is 2. The fourth-order valence-electron chi connectivity index (χ4n) is 2.75. The van der Waals surface area contributed by atoms with Crippen LogP contribution in [-0.2, 0) is 7.05 Å². The summed E-state index contributed by atoms with van der Waals surface area (Å²) < 4.78 is 2.20. The van der Waals surface area contributed by atoms with Crippen LogP contribution >= 0.6 is 0 Å². The third kappa shape index (κ3) is 1.35. The summed E-state index contributed by atoms with van der Waals surface area (Å²) in [5, 5.41) is 8.89. The summed E-state index contributed by atoms with van der Waals surface area (Å²) in [4.78, 5) is 0. The van der Waals surface area contributed by atoms with Crippen molar-refractivity contribution in [3.05, 3.63) is 54.6 Å². The Kier molecular flexibility index (Phi) is 2.03. The van der Waals surface area contributed by atoms with Crippen molar-refractivity contribution in [3.63, 3.8) is 0 Å². The van der Waals surface area contributed by atoms with E-state index in [1.54, 1.807) is 0 Å². The van der Waals surface area contributed by atoms with Crippen LogP contribution in [0.1, 0.15) is 0 Å². The summed E-state index contributed by atoms with van der Waals surface area (Å²) in [5.74, 6) is 0. The van der Waals surface area contributed by atoms with E-state index in [0.717, 1.165) is 22.3 Å². The van der Waals surface area contributed by atoms with Crippen LogP contribution in [0.25, 0.3) is 33.2 Å². The Hall–Kier alpha value is -2.55. The minimum absolute atomic E-state index is 1.01. The predicted octanol–water partition coefficient (Wildman–Crippen LogP) is 3.72. The van der Waals surface area contributed by atoms with E-state index in [1.807, 2.05) is 18.2 Å². The van der Waals surface area contributed by atoms with Gasteiger partial charge in [0.2, 0.25) is 0 Å². The van der Waals surface area contributed by atoms with Crippen LogP contribution in [0.5, 0.6) is 0 Å². The van der Waals surface area contributed by atoms with E-state index in [4.69, 9.17) is 0 Å². The molecule has 92 valence electrons. The number of hydrogen-bond acceptors (Lipinski definition) is 1. The lowest BCUT2D eigenvalue weighted by Gasteiger charge is -2.00. The molecule has 0 atom stereocenters. The second kappa shape index (κ2) is 3.72. The standard InChI is InChI=1S/C16H13N3/c1-19-13-10-6-5-9-12(13)15-16(19)14(17-18-15)11-7-3-2-4-8-11/h2-10H,1H3,(H,17,18). The minimum Gasteiger partial charge on any atom is -0.340 e. The van der Waals surface area contributed by atoms with Crippen LogP contribution in [0.15, 0.2) is 54.6 Å². The summed E-state index contributed by atoms with van der Waals surface area (Å²) >= 11 is 0. The van der Waals surface area contributed by atoms with Gasteiger partial charge < -0.3 is 4.57 Å². The number of aromatic amines is 1. The Morgan fingerprint density at radius 2 is 1.68 bits per heavy atom. The molecule has 0 saturated carbocycles. The van der Waals surface area contributed by atoms with Crippen molar-refractivity contribution in [2.45, 2.75) is 0 Å². The molecular weight excluding hydrogens is 234 g/mol. The van der Waals surface area contributed by atoms with Gasteiger partial charge in [-0.05, 0) is 6.07 Å². The number of aryl methyl sites for hydroxylation is 1. The first-order valence-electron chi connectivity index (χ1n) is 6.33. The van der Waals surface area contributed by atoms with Crippen LogP contribution < -0.4 is 0 Å². The highest BCUT2D eigenvalue weighted by Gasteiger charge is 2.15. The molecule has 0 aliphatic heterocycles. The van der Waals surface area contributed by atoms with Gasteiger partial charge in [-0.1, -0.05) is 48.5 Å². The number of benzene rings is 2. The summed E-state index contributed by atoms with van der Waals surface area (Å²) in [6, 6.07) is 18.7. The molecular formula is C16H13N3. The van der Waals surface area contributed by atoms with Gasteiger partial charge in [-0.2, -0.15) is 5.10 Å². The molecule has 0 radical (unpaired) electrons. The lowest BCUT2D eigenvalue weighted by atomic mass is 10.1. The molecule has 4 rings (SSSR count). The van der Waals surface area contributed by atoms with Gasteiger partial charge in [0.05, 0.1) is 16.6 Å². The molecule has 0 aliphatic rings. The Bertz CT molecular complexity index is 869. The zero-order chi connectivity index (χ0) is 12.8. The van der Waals surface area contributed by atoms with Crippen molar-refractivity contribution >= 4 is 21.9 Å². The summed E-state index contributed by atoms with van der Waals surface area (Å²) in [6.45, 7) is 0. The van der Waals surface area contributed by atoms with E-state index in [2.05, 4.69) is 58.2 Å². The van der Waals surface area contributed by atoms with E-state index in [9.17, 15) is 0 Å². The minimum atomic E-state index is 1.01. The highest BCUT2D eigenvalue weighted by atomic mass is 15.2. The second-order valence-corrected chi connectivity index (χ2v) is 4.74. The smallest absolute Gasteiger partial charge is 0.116 e. The maximum Gasteiger partial charge on any atom is 0.116 e. The number of H-pyrrole nitrogens is 1. The summed E-state index contributed by atoms with van der Waals surface area (Å²) in [6.07, 6.45) is 0. The number of aromatic nitrogens is 3. The van der Waals surface area contributed by atoms with Crippen molar-refractivity contribution in [2.75, 3.05) is 0 Å². The molecule has 3 nitrogen and oxygen atoms in total. The average Bonchev–Trinajstić information content (AvgIpc) is 3.02. The van der Waals surface area contributed by atoms with E-state index in [1.165, 1.54) is 10.9 Å². The molecule has 1 N–H and O–H groups in total. The third-order valence-electron chi connectivity index (χ3n) is 3.66. The van der Waals surface area contributed by atoms with Crippen molar-refractivity contribution in [1.82, 2.24) is 14.8 Å². The number of rotatable bonds is 1. The third-order valence-corrected chi connectivity index (χ3v) is 3.66. The van der Waals surface area contributed by atoms with Crippen LogP contribution in [0.2, 0.25) is 0 Å². The first-order chi connectivity index (χ1) is 9.36. The molecule has 2 aromatic heterocycles. The lowest BCUT2D eigenvalue weighted by molar-refractivity contribution is 1.01. The average molecular weight is 247 g/mol. The maximum atomic E-state index is 4.49. The molecule has 0 amide bonds. The van der Waals surface area contributed by atoms with Gasteiger partial charge >= 0.3 is 0 Å². The Labute approximate surface area is 110 Å². The maximum absolute atomic E-state index is 4.49. The molecule has 3 heteroatoms. The summed E-state index contributed by atoms with van der Waals surface area (Å²) in [7, 11) is 2.09. The molecule has 0 unspecified atom stereocenters. The molecule has 0 bridgehead atoms. The Balaban J connectivity index is 2.15. The molecule has 2 heterocycles. The van der Waals surface area contributed by atoms with Crippen LogP contribution in [0, 0.1) is 0 Å². The van der Waals surface area contributed by atoms with Gasteiger partial charge in [0.1, 0.15) is 5.69 Å². The van der Waals surface area contributed by atoms with Gasteiger partial charge in [-0.15, -0.1) is 0 Å². The SMILES string of the molecule is Cn1c2ccccc2c2[nH]nc(-c3ccccc3)c21. The predicted molar refractivity (Wildman–Crippen MR) is 78.0 cm³/mol. The van der Waals surface area contributed by atoms with Crippen LogP contribution in [-0.4, -0.2) is 14.8 Å². The largest absolute Gasteiger partial charge is 0.340 e. The molecule has 19 heavy (non-hydrogen) atoms. The van der Waals surface area contributed by atoms with E-state index >= 15 is 0 Å². The number of fused-ring (bicyclic) bond motifs is 3. The normalized spacial score (nSPS) is 11.4. The highest BCUT2D eigenvalue weighted by molar-refractivity contribution is 6.09. The fourth-order valence-corrected chi connectivity index (χ4v) is 2.75. The molecule has 0 spiro atoms. The topological polar surface area (TPSA) is 33.6 Å². The second-order valence-electron chi connectivity index (χ2n) is 4.74. The number of hydrogen-bond donors (Lipinski definition) is 1. The lowest BCUT2D eigenvalue weighted by Crippen LogP contribution is -1.88. The van der Waals surface area contributed by atoms with E-state index in [0.29, 0.717) is 0 Å². The first-order valence-corrected chi connectivity index (χ1v) is 6.33. The van der Waals surface area contributed by atoms with Gasteiger partial charge in [-0.25, -0.2) is 0 Å².